The third kappa shape index (κ3) is 7.93. The summed E-state index contributed by atoms with van der Waals surface area (Å²) in [5.74, 6) is -3.47. The van der Waals surface area contributed by atoms with Crippen LogP contribution < -0.4 is 4.74 Å². The Kier molecular flexibility index (Phi) is 10.9. The molecule has 1 heterocycles. The number of benzene rings is 3. The first-order valence-electron chi connectivity index (χ1n) is 14.2. The van der Waals surface area contributed by atoms with E-state index < -0.39 is 39.2 Å². The predicted octanol–water partition coefficient (Wildman–Crippen LogP) is 4.68. The zero-order valence-corrected chi connectivity index (χ0v) is 26.5. The van der Waals surface area contributed by atoms with Crippen LogP contribution in [0.2, 0.25) is 0 Å². The smallest absolute Gasteiger partial charge is 0.313 e. The van der Waals surface area contributed by atoms with Gasteiger partial charge in [-0.15, -0.1) is 0 Å². The molecule has 0 bridgehead atoms. The van der Waals surface area contributed by atoms with Crippen molar-refractivity contribution in [3.8, 4) is 34.2 Å². The number of ether oxygens (including phenoxy) is 4. The Morgan fingerprint density at radius 2 is 1.83 bits per heavy atom. The highest BCUT2D eigenvalue weighted by Gasteiger charge is 2.30. The molecule has 0 aliphatic rings. The highest BCUT2D eigenvalue weighted by molar-refractivity contribution is 7.89. The number of hydrogen-bond donors (Lipinski definition) is 1. The van der Waals surface area contributed by atoms with Gasteiger partial charge in [0.15, 0.2) is 6.79 Å². The third-order valence-electron chi connectivity index (χ3n) is 7.04. The van der Waals surface area contributed by atoms with Crippen molar-refractivity contribution in [2.45, 2.75) is 19.3 Å². The number of esters is 1. The molecule has 0 saturated heterocycles. The number of carbonyl (C=O) groups excluding carboxylic acids is 1. The lowest BCUT2D eigenvalue weighted by atomic mass is 9.89. The van der Waals surface area contributed by atoms with Gasteiger partial charge < -0.3 is 24.1 Å². The Morgan fingerprint density at radius 1 is 1.09 bits per heavy atom. The van der Waals surface area contributed by atoms with Crippen LogP contribution in [0.25, 0.3) is 33.3 Å². The Bertz CT molecular complexity index is 1980. The minimum Gasteiger partial charge on any atom is -0.481 e. The van der Waals surface area contributed by atoms with E-state index in [-0.39, 0.29) is 77.1 Å². The molecule has 1 N–H and O–H groups in total. The lowest BCUT2D eigenvalue weighted by Crippen LogP contribution is -2.20. The molecule has 0 fully saturated rings. The lowest BCUT2D eigenvalue weighted by molar-refractivity contribution is -0.384. The molecule has 4 aromatic rings. The third-order valence-corrected chi connectivity index (χ3v) is 8.10. The molecule has 0 spiro atoms. The van der Waals surface area contributed by atoms with E-state index >= 15 is 0 Å². The Balaban J connectivity index is 2.14. The van der Waals surface area contributed by atoms with Gasteiger partial charge in [-0.25, -0.2) is 12.4 Å². The molecule has 14 nitrogen and oxygen atoms in total. The van der Waals surface area contributed by atoms with Gasteiger partial charge >= 0.3 is 11.9 Å². The minimum atomic E-state index is -4.05. The average Bonchev–Trinajstić information content (AvgIpc) is 3.43. The van der Waals surface area contributed by atoms with Crippen LogP contribution >= 0.6 is 0 Å². The molecule has 246 valence electrons. The monoisotopic (exact) mass is 665 g/mol. The van der Waals surface area contributed by atoms with Crippen LogP contribution in [0, 0.1) is 21.4 Å². The van der Waals surface area contributed by atoms with E-state index in [0.717, 1.165) is 10.2 Å². The summed E-state index contributed by atoms with van der Waals surface area (Å²) >= 11 is 0. The minimum absolute atomic E-state index is 0.0258. The molecule has 0 aliphatic carbocycles. The molecule has 0 amide bonds. The van der Waals surface area contributed by atoms with Crippen LogP contribution in [0.1, 0.15) is 30.4 Å². The number of aliphatic carboxylic acids is 1. The summed E-state index contributed by atoms with van der Waals surface area (Å²) in [7, 11) is -2.56. The number of carboxylic acids is 1. The van der Waals surface area contributed by atoms with E-state index in [1.807, 2.05) is 6.07 Å². The summed E-state index contributed by atoms with van der Waals surface area (Å²) in [5.41, 5.74) is 0.943. The predicted molar refractivity (Wildman–Crippen MR) is 169 cm³/mol. The number of fused-ring (bicyclic) bond motifs is 1. The number of carboxylic acid groups (broad SMARTS) is 1. The fourth-order valence-electron chi connectivity index (χ4n) is 5.06. The number of hydrogen-bond acceptors (Lipinski definition) is 11. The quantitative estimate of drug-likeness (QED) is 0.0606. The molecule has 3 aromatic carbocycles. The van der Waals surface area contributed by atoms with Gasteiger partial charge in [0.05, 0.1) is 66.2 Å². The van der Waals surface area contributed by atoms with Crippen LogP contribution in [-0.2, 0) is 33.8 Å². The van der Waals surface area contributed by atoms with Gasteiger partial charge in [0.2, 0.25) is 10.0 Å². The SMILES string of the molecule is CCOC(=O)C(CC(=O)O)c1cc(-c2cccc([N+](=O)[O-])c2)c(OCOCCOC)c(-c2cc3cc(C#N)ccc3n2S(C)(=O)=O)c1. The summed E-state index contributed by atoms with van der Waals surface area (Å²) in [4.78, 5) is 36.2. The maximum Gasteiger partial charge on any atom is 0.313 e. The summed E-state index contributed by atoms with van der Waals surface area (Å²) in [5, 5.41) is 31.3. The van der Waals surface area contributed by atoms with Crippen molar-refractivity contribution in [1.29, 1.82) is 5.26 Å². The van der Waals surface area contributed by atoms with Crippen LogP contribution in [0.5, 0.6) is 5.75 Å². The molecule has 1 unspecified atom stereocenters. The van der Waals surface area contributed by atoms with Gasteiger partial charge in [0, 0.05) is 35.8 Å². The number of nitro groups is 1. The van der Waals surface area contributed by atoms with Crippen LogP contribution in [0.15, 0.2) is 60.7 Å². The number of nitrogens with zero attached hydrogens (tertiary/aromatic N) is 3. The fraction of sp³-hybridized carbons (Fsp3) is 0.281. The van der Waals surface area contributed by atoms with E-state index in [0.29, 0.717) is 5.39 Å². The van der Waals surface area contributed by atoms with Crippen molar-refractivity contribution in [2.75, 3.05) is 40.0 Å². The summed E-state index contributed by atoms with van der Waals surface area (Å²) in [6.45, 7) is 1.55. The van der Waals surface area contributed by atoms with Crippen molar-refractivity contribution < 1.29 is 47.0 Å². The number of non-ortho nitro benzene ring substituents is 1. The number of methoxy groups -OCH3 is 1. The molecule has 4 rings (SSSR count). The lowest BCUT2D eigenvalue weighted by Gasteiger charge is -2.22. The number of rotatable bonds is 15. The molecule has 0 aliphatic heterocycles. The highest BCUT2D eigenvalue weighted by Crippen LogP contribution is 2.45. The Hall–Kier alpha value is -5.30. The van der Waals surface area contributed by atoms with Crippen LogP contribution in [-0.4, -0.2) is 74.3 Å². The number of nitriles is 1. The molecule has 0 saturated carbocycles. The number of nitro benzene ring substituents is 1. The molecular weight excluding hydrogens is 634 g/mol. The molecule has 47 heavy (non-hydrogen) atoms. The molecule has 1 atom stereocenters. The van der Waals surface area contributed by atoms with Crippen molar-refractivity contribution in [2.24, 2.45) is 0 Å². The van der Waals surface area contributed by atoms with Crippen molar-refractivity contribution >= 4 is 38.6 Å². The second-order valence-electron chi connectivity index (χ2n) is 10.3. The fourth-order valence-corrected chi connectivity index (χ4v) is 6.09. The van der Waals surface area contributed by atoms with Crippen LogP contribution in [0.4, 0.5) is 5.69 Å². The van der Waals surface area contributed by atoms with E-state index in [1.165, 1.54) is 61.7 Å². The number of aromatic nitrogens is 1. The molecular formula is C32H31N3O11S. The second-order valence-corrected chi connectivity index (χ2v) is 12.1. The van der Waals surface area contributed by atoms with Crippen LogP contribution in [0.3, 0.4) is 0 Å². The standard InChI is InChI=1S/C32H31N3O11S/c1-4-45-32(38)26(17-30(36)37)22-14-25(21-6-5-7-24(13-21)35(39)40)31(46-19-44-11-10-43-2)27(15-22)29-16-23-12-20(18-33)8-9-28(23)34(29)47(3,41)42/h5-9,12-16,26H,4,10-11,17,19H2,1-3H3,(H,36,37). The first kappa shape index (κ1) is 34.6. The first-order chi connectivity index (χ1) is 22.4. The van der Waals surface area contributed by atoms with E-state index in [1.54, 1.807) is 13.0 Å². The summed E-state index contributed by atoms with van der Waals surface area (Å²) in [6, 6.07) is 16.4. The van der Waals surface area contributed by atoms with E-state index in [9.17, 15) is 38.5 Å². The number of carbonyl (C=O) groups is 2. The first-order valence-corrected chi connectivity index (χ1v) is 16.0. The zero-order valence-electron chi connectivity index (χ0n) is 25.7. The normalized spacial score (nSPS) is 12.0. The van der Waals surface area contributed by atoms with Gasteiger partial charge in [0.1, 0.15) is 5.75 Å². The Morgan fingerprint density at radius 3 is 2.47 bits per heavy atom. The average molecular weight is 666 g/mol. The van der Waals surface area contributed by atoms with Crippen molar-refractivity contribution in [3.05, 3.63) is 81.9 Å². The van der Waals surface area contributed by atoms with Gasteiger partial charge in [-0.2, -0.15) is 5.26 Å². The zero-order chi connectivity index (χ0) is 34.3. The van der Waals surface area contributed by atoms with Gasteiger partial charge in [-0.3, -0.25) is 19.7 Å². The van der Waals surface area contributed by atoms with Gasteiger partial charge in [-0.05, 0) is 54.4 Å². The topological polar surface area (TPSA) is 197 Å². The maximum atomic E-state index is 13.3. The van der Waals surface area contributed by atoms with Gasteiger partial charge in [-0.1, -0.05) is 12.1 Å². The van der Waals surface area contributed by atoms with Crippen molar-refractivity contribution in [3.63, 3.8) is 0 Å². The van der Waals surface area contributed by atoms with E-state index in [2.05, 4.69) is 0 Å². The highest BCUT2D eigenvalue weighted by atomic mass is 32.2. The Labute approximate surface area is 269 Å². The van der Waals surface area contributed by atoms with E-state index in [4.69, 9.17) is 18.9 Å². The largest absolute Gasteiger partial charge is 0.481 e. The molecule has 0 radical (unpaired) electrons. The van der Waals surface area contributed by atoms with Crippen molar-refractivity contribution in [1.82, 2.24) is 3.97 Å². The van der Waals surface area contributed by atoms with Gasteiger partial charge in [0.25, 0.3) is 5.69 Å². The maximum absolute atomic E-state index is 13.3. The second kappa shape index (κ2) is 14.9. The molecule has 15 heteroatoms. The molecule has 1 aromatic heterocycles. The summed E-state index contributed by atoms with van der Waals surface area (Å²) < 4.78 is 49.5. The summed E-state index contributed by atoms with van der Waals surface area (Å²) in [6.07, 6.45) is 0.313.